The topological polar surface area (TPSA) is 36.4 Å². The minimum Gasteiger partial charge on any atom is -0.418 e. The van der Waals surface area contributed by atoms with E-state index in [4.69, 9.17) is 28.7 Å². The Balaban J connectivity index is 0.000000336. The van der Waals surface area contributed by atoms with Gasteiger partial charge in [-0.15, -0.1) is 11.6 Å². The molecule has 1 rings (SSSR count). The Bertz CT molecular complexity index is 327. The van der Waals surface area contributed by atoms with Crippen molar-refractivity contribution in [3.63, 3.8) is 0 Å². The molecule has 1 atom stereocenters. The van der Waals surface area contributed by atoms with Gasteiger partial charge in [0.2, 0.25) is 0 Å². The van der Waals surface area contributed by atoms with E-state index in [0.717, 1.165) is 0 Å². The molecular formula is C6H4BCl2F4N2-. The third-order valence-electron chi connectivity index (χ3n) is 1.12. The summed E-state index contributed by atoms with van der Waals surface area (Å²) in [7, 11) is -6.00. The molecule has 84 valence electrons. The molecule has 0 spiro atoms. The van der Waals surface area contributed by atoms with Crippen LogP contribution >= 0.6 is 23.2 Å². The van der Waals surface area contributed by atoms with Crippen LogP contribution in [0.25, 0.3) is 5.53 Å². The molecule has 1 unspecified atom stereocenters. The van der Waals surface area contributed by atoms with Gasteiger partial charge < -0.3 is 22.8 Å². The van der Waals surface area contributed by atoms with Crippen molar-refractivity contribution in [2.75, 3.05) is 0 Å². The third-order valence-corrected chi connectivity index (χ3v) is 1.72. The fourth-order valence-corrected chi connectivity index (χ4v) is 1.13. The highest BCUT2D eigenvalue weighted by atomic mass is 35.5. The maximum atomic E-state index is 9.75. The SMILES string of the molecule is F[B-](F)(F)F.[N-]=[N+]=C1C=CC(Cl)=CC1Cl. The average molecular weight is 262 g/mol. The summed E-state index contributed by atoms with van der Waals surface area (Å²) in [5, 5.41) is 0.148. The Hall–Kier alpha value is -0.775. The lowest BCUT2D eigenvalue weighted by atomic mass is 10.1. The van der Waals surface area contributed by atoms with Crippen molar-refractivity contribution in [1.29, 1.82) is 0 Å². The lowest BCUT2D eigenvalue weighted by Crippen LogP contribution is -2.12. The number of hydrogen-bond donors (Lipinski definition) is 0. The van der Waals surface area contributed by atoms with Gasteiger partial charge in [0.05, 0.1) is 0 Å². The molecule has 0 aliphatic heterocycles. The van der Waals surface area contributed by atoms with E-state index in [2.05, 4.69) is 4.79 Å². The van der Waals surface area contributed by atoms with Crippen LogP contribution in [0.2, 0.25) is 0 Å². The van der Waals surface area contributed by atoms with Gasteiger partial charge in [-0.1, -0.05) is 11.6 Å². The summed E-state index contributed by atoms with van der Waals surface area (Å²) in [6.07, 6.45) is 4.79. The molecule has 0 fully saturated rings. The zero-order valence-corrected chi connectivity index (χ0v) is 8.56. The minimum atomic E-state index is -6.00. The van der Waals surface area contributed by atoms with Gasteiger partial charge in [0.1, 0.15) is 0 Å². The largest absolute Gasteiger partial charge is 0.673 e. The molecule has 1 aliphatic carbocycles. The summed E-state index contributed by atoms with van der Waals surface area (Å²) in [6.45, 7) is 0. The van der Waals surface area contributed by atoms with Crippen LogP contribution in [0.4, 0.5) is 17.3 Å². The van der Waals surface area contributed by atoms with E-state index in [9.17, 15) is 17.3 Å². The lowest BCUT2D eigenvalue weighted by molar-refractivity contribution is -0.00511. The van der Waals surface area contributed by atoms with Crippen LogP contribution in [0.1, 0.15) is 0 Å². The van der Waals surface area contributed by atoms with E-state index < -0.39 is 12.6 Å². The second kappa shape index (κ2) is 5.95. The van der Waals surface area contributed by atoms with Crippen LogP contribution in [0.15, 0.2) is 23.3 Å². The molecule has 9 heteroatoms. The van der Waals surface area contributed by atoms with Crippen LogP contribution in [0.3, 0.4) is 0 Å². The van der Waals surface area contributed by atoms with Gasteiger partial charge in [-0.2, -0.15) is 4.79 Å². The fraction of sp³-hybridized carbons (Fsp3) is 0.167. The first-order valence-electron chi connectivity index (χ1n) is 3.53. The lowest BCUT2D eigenvalue weighted by Gasteiger charge is -1.99. The van der Waals surface area contributed by atoms with Crippen molar-refractivity contribution in [2.45, 2.75) is 5.38 Å². The molecule has 0 heterocycles. The van der Waals surface area contributed by atoms with Crippen LogP contribution in [-0.2, 0) is 0 Å². The van der Waals surface area contributed by atoms with Crippen LogP contribution in [0, 0.1) is 0 Å². The number of hydrogen-bond acceptors (Lipinski definition) is 0. The first-order valence-corrected chi connectivity index (χ1v) is 4.34. The van der Waals surface area contributed by atoms with Crippen molar-refractivity contribution >= 4 is 36.2 Å². The van der Waals surface area contributed by atoms with E-state index in [0.29, 0.717) is 10.7 Å². The molecule has 0 saturated heterocycles. The molecule has 0 N–H and O–H groups in total. The number of nitrogens with zero attached hydrogens (tertiary/aromatic N) is 2. The highest BCUT2D eigenvalue weighted by molar-refractivity contribution is 6.50. The molecular weight excluding hydrogens is 258 g/mol. The van der Waals surface area contributed by atoms with E-state index in [-0.39, 0.29) is 0 Å². The predicted molar refractivity (Wildman–Crippen MR) is 51.5 cm³/mol. The molecule has 0 saturated carbocycles. The molecule has 0 aromatic heterocycles. The van der Waals surface area contributed by atoms with Crippen LogP contribution in [-0.4, -0.2) is 23.1 Å². The zero-order valence-electron chi connectivity index (χ0n) is 7.05. The van der Waals surface area contributed by atoms with E-state index >= 15 is 0 Å². The summed E-state index contributed by atoms with van der Waals surface area (Å²) in [5.41, 5.74) is 8.74. The van der Waals surface area contributed by atoms with Gasteiger partial charge in [0.25, 0.3) is 0 Å². The Morgan fingerprint density at radius 2 is 1.73 bits per heavy atom. The maximum absolute atomic E-state index is 9.75. The molecule has 0 aromatic rings. The van der Waals surface area contributed by atoms with Crippen molar-refractivity contribution in [3.8, 4) is 0 Å². The van der Waals surface area contributed by atoms with Crippen LogP contribution < -0.4 is 0 Å². The standard InChI is InChI=1S/C6H4Cl2N2.BF4/c7-4-1-2-6(10-9)5(8)3-4;2-1(3,4)5/h1-3,5H;/q;-1. The van der Waals surface area contributed by atoms with Gasteiger partial charge in [-0.25, -0.2) is 0 Å². The van der Waals surface area contributed by atoms with Gasteiger partial charge >= 0.3 is 13.0 Å². The van der Waals surface area contributed by atoms with Crippen molar-refractivity contribution < 1.29 is 22.1 Å². The van der Waals surface area contributed by atoms with Gasteiger partial charge in [-0.3, -0.25) is 0 Å². The summed E-state index contributed by atoms with van der Waals surface area (Å²) >= 11 is 11.3. The molecule has 0 aromatic carbocycles. The number of halogens is 6. The highest BCUT2D eigenvalue weighted by Gasteiger charge is 2.20. The summed E-state index contributed by atoms with van der Waals surface area (Å²) in [5.74, 6) is 0. The first kappa shape index (κ1) is 14.2. The molecule has 2 nitrogen and oxygen atoms in total. The van der Waals surface area contributed by atoms with E-state index in [1.54, 1.807) is 18.2 Å². The van der Waals surface area contributed by atoms with E-state index in [1.807, 2.05) is 0 Å². The number of rotatable bonds is 0. The summed E-state index contributed by atoms with van der Waals surface area (Å²) in [4.78, 5) is 2.96. The van der Waals surface area contributed by atoms with Crippen molar-refractivity contribution in [2.24, 2.45) is 0 Å². The Morgan fingerprint density at radius 1 is 1.27 bits per heavy atom. The molecule has 15 heavy (non-hydrogen) atoms. The summed E-state index contributed by atoms with van der Waals surface area (Å²) in [6, 6.07) is 0. The summed E-state index contributed by atoms with van der Waals surface area (Å²) < 4.78 is 39.0. The monoisotopic (exact) mass is 261 g/mol. The van der Waals surface area contributed by atoms with Gasteiger partial charge in [0.15, 0.2) is 5.38 Å². The molecule has 0 radical (unpaired) electrons. The van der Waals surface area contributed by atoms with Crippen LogP contribution in [0.5, 0.6) is 0 Å². The first-order chi connectivity index (χ1) is 6.74. The van der Waals surface area contributed by atoms with E-state index in [1.165, 1.54) is 0 Å². The smallest absolute Gasteiger partial charge is 0.418 e. The highest BCUT2D eigenvalue weighted by Crippen LogP contribution is 2.15. The number of allylic oxidation sites excluding steroid dienone is 4. The molecule has 1 aliphatic rings. The zero-order chi connectivity index (χ0) is 12.1. The van der Waals surface area contributed by atoms with Gasteiger partial charge in [0, 0.05) is 11.1 Å². The molecule has 0 bridgehead atoms. The average Bonchev–Trinajstić information content (AvgIpc) is 2.01. The Morgan fingerprint density at radius 3 is 2.07 bits per heavy atom. The van der Waals surface area contributed by atoms with Gasteiger partial charge in [-0.05, 0) is 12.2 Å². The predicted octanol–water partition coefficient (Wildman–Crippen LogP) is 3.26. The second-order valence-corrected chi connectivity index (χ2v) is 3.21. The molecule has 0 amide bonds. The normalized spacial score (nSPS) is 20.0. The number of alkyl halides is 1. The fourth-order valence-electron chi connectivity index (χ4n) is 0.626. The third kappa shape index (κ3) is 8.23. The second-order valence-electron chi connectivity index (χ2n) is 2.31. The Labute approximate surface area is 92.9 Å². The van der Waals surface area contributed by atoms with Crippen molar-refractivity contribution in [1.82, 2.24) is 0 Å². The van der Waals surface area contributed by atoms with Crippen molar-refractivity contribution in [3.05, 3.63) is 28.8 Å². The minimum absolute atomic E-state index is 0.408. The quantitative estimate of drug-likeness (QED) is 0.211. The Kier molecular flexibility index (Phi) is 5.64. The maximum Gasteiger partial charge on any atom is 0.673 e.